The van der Waals surface area contributed by atoms with E-state index in [1.54, 1.807) is 4.90 Å². The van der Waals surface area contributed by atoms with E-state index in [9.17, 15) is 9.59 Å². The Morgan fingerprint density at radius 3 is 2.30 bits per heavy atom. The lowest BCUT2D eigenvalue weighted by atomic mass is 9.96. The van der Waals surface area contributed by atoms with Crippen molar-refractivity contribution in [2.75, 3.05) is 32.6 Å². The molecule has 1 amide bonds. The van der Waals surface area contributed by atoms with Gasteiger partial charge in [0.25, 0.3) is 5.91 Å². The van der Waals surface area contributed by atoms with Crippen LogP contribution in [0.4, 0.5) is 5.69 Å². The van der Waals surface area contributed by atoms with E-state index in [1.807, 2.05) is 31.3 Å². The first-order valence-electron chi connectivity index (χ1n) is 6.80. The van der Waals surface area contributed by atoms with E-state index in [1.165, 1.54) is 7.11 Å². The molecule has 2 rings (SSSR count). The fraction of sp³-hybridized carbons (Fsp3) is 0.467. The maximum atomic E-state index is 12.3. The van der Waals surface area contributed by atoms with Gasteiger partial charge in [-0.05, 0) is 37.1 Å². The van der Waals surface area contributed by atoms with Crippen molar-refractivity contribution in [3.63, 3.8) is 0 Å². The van der Waals surface area contributed by atoms with Gasteiger partial charge in [0.1, 0.15) is 0 Å². The third-order valence-corrected chi connectivity index (χ3v) is 3.74. The predicted molar refractivity (Wildman–Crippen MR) is 76.6 cm³/mol. The van der Waals surface area contributed by atoms with Gasteiger partial charge in [0, 0.05) is 31.4 Å². The maximum Gasteiger partial charge on any atom is 0.308 e. The zero-order valence-corrected chi connectivity index (χ0v) is 11.9. The van der Waals surface area contributed by atoms with Crippen LogP contribution in [0.15, 0.2) is 24.3 Å². The molecule has 0 atom stereocenters. The van der Waals surface area contributed by atoms with Gasteiger partial charge in [0.05, 0.1) is 13.0 Å². The molecule has 5 nitrogen and oxygen atoms in total. The van der Waals surface area contributed by atoms with Crippen LogP contribution in [0.5, 0.6) is 0 Å². The van der Waals surface area contributed by atoms with Gasteiger partial charge in [-0.3, -0.25) is 9.59 Å². The van der Waals surface area contributed by atoms with Crippen LogP contribution in [0.3, 0.4) is 0 Å². The zero-order chi connectivity index (χ0) is 14.5. The maximum absolute atomic E-state index is 12.3. The molecule has 1 saturated heterocycles. The Morgan fingerprint density at radius 1 is 1.20 bits per heavy atom. The number of piperidine rings is 1. The van der Waals surface area contributed by atoms with Gasteiger partial charge >= 0.3 is 5.97 Å². The van der Waals surface area contributed by atoms with Crippen LogP contribution in [-0.2, 0) is 9.53 Å². The molecule has 1 aliphatic rings. The molecule has 0 aromatic heterocycles. The highest BCUT2D eigenvalue weighted by molar-refractivity contribution is 5.94. The molecule has 108 valence electrons. The second-order valence-electron chi connectivity index (χ2n) is 4.92. The molecule has 0 saturated carbocycles. The molecule has 0 bridgehead atoms. The molecule has 1 N–H and O–H groups in total. The number of nitrogens with one attached hydrogen (secondary N) is 1. The van der Waals surface area contributed by atoms with Crippen molar-refractivity contribution in [2.45, 2.75) is 12.8 Å². The SMILES string of the molecule is CNc1ccc(C(=O)N2CCC(C(=O)OC)CC2)cc1. The van der Waals surface area contributed by atoms with Crippen molar-refractivity contribution in [3.8, 4) is 0 Å². The normalized spacial score (nSPS) is 15.8. The van der Waals surface area contributed by atoms with Crippen LogP contribution >= 0.6 is 0 Å². The quantitative estimate of drug-likeness (QED) is 0.855. The Hall–Kier alpha value is -2.04. The van der Waals surface area contributed by atoms with Crippen LogP contribution in [0.25, 0.3) is 0 Å². The monoisotopic (exact) mass is 276 g/mol. The lowest BCUT2D eigenvalue weighted by molar-refractivity contribution is -0.146. The number of ether oxygens (including phenoxy) is 1. The number of carbonyl (C=O) groups is 2. The minimum Gasteiger partial charge on any atom is -0.469 e. The summed E-state index contributed by atoms with van der Waals surface area (Å²) in [6.07, 6.45) is 1.35. The molecule has 1 aromatic rings. The number of carbonyl (C=O) groups excluding carboxylic acids is 2. The van der Waals surface area contributed by atoms with E-state index in [4.69, 9.17) is 4.74 Å². The van der Waals surface area contributed by atoms with Crippen molar-refractivity contribution in [1.82, 2.24) is 4.90 Å². The molecule has 0 radical (unpaired) electrons. The average Bonchev–Trinajstić information content (AvgIpc) is 2.53. The van der Waals surface area contributed by atoms with E-state index in [0.717, 1.165) is 5.69 Å². The van der Waals surface area contributed by atoms with Gasteiger partial charge in [-0.1, -0.05) is 0 Å². The number of esters is 1. The van der Waals surface area contributed by atoms with E-state index >= 15 is 0 Å². The number of hydrogen-bond donors (Lipinski definition) is 1. The highest BCUT2D eigenvalue weighted by Gasteiger charge is 2.28. The highest BCUT2D eigenvalue weighted by atomic mass is 16.5. The second-order valence-corrected chi connectivity index (χ2v) is 4.92. The number of anilines is 1. The van der Waals surface area contributed by atoms with Crippen LogP contribution in [0.1, 0.15) is 23.2 Å². The predicted octanol–water partition coefficient (Wildman–Crippen LogP) is 1.75. The summed E-state index contributed by atoms with van der Waals surface area (Å²) in [5.41, 5.74) is 1.66. The number of likely N-dealkylation sites (tertiary alicyclic amines) is 1. The lowest BCUT2D eigenvalue weighted by Crippen LogP contribution is -2.40. The fourth-order valence-corrected chi connectivity index (χ4v) is 2.45. The molecular formula is C15H20N2O3. The Morgan fingerprint density at radius 2 is 1.80 bits per heavy atom. The van der Waals surface area contributed by atoms with Crippen LogP contribution in [0, 0.1) is 5.92 Å². The average molecular weight is 276 g/mol. The van der Waals surface area contributed by atoms with Crippen molar-refractivity contribution in [2.24, 2.45) is 5.92 Å². The summed E-state index contributed by atoms with van der Waals surface area (Å²) in [4.78, 5) is 25.6. The molecule has 1 fully saturated rings. The van der Waals surface area contributed by atoms with E-state index in [-0.39, 0.29) is 17.8 Å². The Kier molecular flexibility index (Phi) is 4.61. The van der Waals surface area contributed by atoms with Gasteiger partial charge in [-0.15, -0.1) is 0 Å². The first-order valence-corrected chi connectivity index (χ1v) is 6.80. The lowest BCUT2D eigenvalue weighted by Gasteiger charge is -2.30. The number of hydrogen-bond acceptors (Lipinski definition) is 4. The highest BCUT2D eigenvalue weighted by Crippen LogP contribution is 2.20. The summed E-state index contributed by atoms with van der Waals surface area (Å²) in [5, 5.41) is 3.02. The third kappa shape index (κ3) is 3.10. The molecule has 0 spiro atoms. The topological polar surface area (TPSA) is 58.6 Å². The van der Waals surface area contributed by atoms with Gasteiger partial charge in [-0.25, -0.2) is 0 Å². The first-order chi connectivity index (χ1) is 9.65. The van der Waals surface area contributed by atoms with Crippen molar-refractivity contribution in [1.29, 1.82) is 0 Å². The summed E-state index contributed by atoms with van der Waals surface area (Å²) in [6.45, 7) is 1.21. The summed E-state index contributed by atoms with van der Waals surface area (Å²) >= 11 is 0. The van der Waals surface area contributed by atoms with Gasteiger partial charge in [0.2, 0.25) is 0 Å². The summed E-state index contributed by atoms with van der Waals surface area (Å²) in [5.74, 6) is -0.220. The molecule has 1 aromatic carbocycles. The third-order valence-electron chi connectivity index (χ3n) is 3.74. The molecule has 0 unspecified atom stereocenters. The Labute approximate surface area is 118 Å². The number of amides is 1. The second kappa shape index (κ2) is 6.41. The Bertz CT molecular complexity index is 476. The summed E-state index contributed by atoms with van der Waals surface area (Å²) in [7, 11) is 3.25. The van der Waals surface area contributed by atoms with Crippen LogP contribution < -0.4 is 5.32 Å². The van der Waals surface area contributed by atoms with Crippen molar-refractivity contribution >= 4 is 17.6 Å². The van der Waals surface area contributed by atoms with Crippen molar-refractivity contribution < 1.29 is 14.3 Å². The molecule has 1 heterocycles. The zero-order valence-electron chi connectivity index (χ0n) is 11.9. The van der Waals surface area contributed by atoms with E-state index < -0.39 is 0 Å². The smallest absolute Gasteiger partial charge is 0.308 e. The molecule has 5 heteroatoms. The minimum atomic E-state index is -0.171. The number of methoxy groups -OCH3 is 1. The Balaban J connectivity index is 1.95. The molecule has 0 aliphatic carbocycles. The summed E-state index contributed by atoms with van der Waals surface area (Å²) in [6, 6.07) is 7.41. The van der Waals surface area contributed by atoms with Crippen molar-refractivity contribution in [3.05, 3.63) is 29.8 Å². The largest absolute Gasteiger partial charge is 0.469 e. The molecule has 20 heavy (non-hydrogen) atoms. The van der Waals surface area contributed by atoms with Gasteiger partial charge in [-0.2, -0.15) is 0 Å². The summed E-state index contributed by atoms with van der Waals surface area (Å²) < 4.78 is 4.75. The van der Waals surface area contributed by atoms with E-state index in [0.29, 0.717) is 31.5 Å². The van der Waals surface area contributed by atoms with Crippen LogP contribution in [-0.4, -0.2) is 44.0 Å². The van der Waals surface area contributed by atoms with Gasteiger partial charge in [0.15, 0.2) is 0 Å². The first kappa shape index (κ1) is 14.4. The van der Waals surface area contributed by atoms with Gasteiger partial charge < -0.3 is 15.0 Å². The molecule has 1 aliphatic heterocycles. The number of nitrogens with zero attached hydrogens (tertiary/aromatic N) is 1. The number of rotatable bonds is 3. The molecular weight excluding hydrogens is 256 g/mol. The number of benzene rings is 1. The standard InChI is InChI=1S/C15H20N2O3/c1-16-13-5-3-11(4-6-13)14(18)17-9-7-12(8-10-17)15(19)20-2/h3-6,12,16H,7-10H2,1-2H3. The van der Waals surface area contributed by atoms with Crippen LogP contribution in [0.2, 0.25) is 0 Å². The minimum absolute atomic E-state index is 0.0240. The van der Waals surface area contributed by atoms with E-state index in [2.05, 4.69) is 5.32 Å². The fourth-order valence-electron chi connectivity index (χ4n) is 2.45.